The van der Waals surface area contributed by atoms with Gasteiger partial charge in [-0.15, -0.1) is 0 Å². The monoisotopic (exact) mass is 563 g/mol. The molecule has 3 aromatic heterocycles. The molecule has 11 heteroatoms. The minimum atomic E-state index is -0.769. The van der Waals surface area contributed by atoms with Crippen molar-refractivity contribution in [3.63, 3.8) is 0 Å². The number of aromatic nitrogens is 4. The van der Waals surface area contributed by atoms with Crippen molar-refractivity contribution >= 4 is 17.4 Å². The van der Waals surface area contributed by atoms with E-state index in [2.05, 4.69) is 21.5 Å². The van der Waals surface area contributed by atoms with Gasteiger partial charge in [0.2, 0.25) is 0 Å². The van der Waals surface area contributed by atoms with E-state index in [-0.39, 0.29) is 39.9 Å². The zero-order valence-electron chi connectivity index (χ0n) is 22.3. The number of hydrogen-bond donors (Lipinski definition) is 2. The molecule has 0 spiro atoms. The first-order valence-corrected chi connectivity index (χ1v) is 13.1. The molecule has 0 aliphatic heterocycles. The van der Waals surface area contributed by atoms with E-state index in [4.69, 9.17) is 5.73 Å². The normalized spacial score (nSPS) is 12.6. The number of pyridine rings is 2. The van der Waals surface area contributed by atoms with Crippen LogP contribution in [0.15, 0.2) is 78.0 Å². The van der Waals surface area contributed by atoms with Gasteiger partial charge < -0.3 is 11.1 Å². The lowest BCUT2D eigenvalue weighted by Gasteiger charge is -2.15. The number of carbonyl (C=O) groups is 1. The van der Waals surface area contributed by atoms with Crippen LogP contribution < -0.4 is 16.6 Å². The molecule has 0 bridgehead atoms. The molecule has 3 N–H and O–H groups in total. The first-order chi connectivity index (χ1) is 20.2. The van der Waals surface area contributed by atoms with E-state index >= 15 is 4.39 Å². The Morgan fingerprint density at radius 2 is 1.81 bits per heavy atom. The van der Waals surface area contributed by atoms with Crippen LogP contribution in [0.3, 0.4) is 0 Å². The SMILES string of the molecule is Cn1cc(-c2cnc(N)c(-c3ccc(NC(=O)c4cc(C5CC5)c(C#N)n(-c5ccc(F)cc5)c4=O)cc3F)c2)cn1. The van der Waals surface area contributed by atoms with Crippen LogP contribution in [0.1, 0.15) is 40.4 Å². The number of carbonyl (C=O) groups excluding carboxylic acids is 1. The highest BCUT2D eigenvalue weighted by molar-refractivity contribution is 6.04. The minimum Gasteiger partial charge on any atom is -0.383 e. The highest BCUT2D eigenvalue weighted by Gasteiger charge is 2.31. The average Bonchev–Trinajstić information content (AvgIpc) is 3.73. The zero-order valence-corrected chi connectivity index (χ0v) is 22.3. The fourth-order valence-corrected chi connectivity index (χ4v) is 4.88. The van der Waals surface area contributed by atoms with Gasteiger partial charge >= 0.3 is 0 Å². The second-order valence-electron chi connectivity index (χ2n) is 10.1. The maximum atomic E-state index is 15.4. The van der Waals surface area contributed by atoms with Gasteiger partial charge in [0.1, 0.15) is 34.8 Å². The van der Waals surface area contributed by atoms with Crippen LogP contribution in [0.4, 0.5) is 20.3 Å². The number of benzene rings is 2. The molecule has 5 aromatic rings. The Balaban J connectivity index is 1.34. The summed E-state index contributed by atoms with van der Waals surface area (Å²) in [6.07, 6.45) is 6.66. The number of nitrogens with two attached hydrogens (primary N) is 1. The van der Waals surface area contributed by atoms with Crippen molar-refractivity contribution in [2.45, 2.75) is 18.8 Å². The summed E-state index contributed by atoms with van der Waals surface area (Å²) in [7, 11) is 1.78. The van der Waals surface area contributed by atoms with Crippen LogP contribution in [-0.2, 0) is 7.05 Å². The molecule has 0 saturated heterocycles. The predicted molar refractivity (Wildman–Crippen MR) is 153 cm³/mol. The number of nitrogens with zero attached hydrogens (tertiary/aromatic N) is 5. The number of amides is 1. The zero-order chi connectivity index (χ0) is 29.5. The average molecular weight is 564 g/mol. The lowest BCUT2D eigenvalue weighted by molar-refractivity contribution is 0.102. The molecule has 1 aliphatic carbocycles. The van der Waals surface area contributed by atoms with Crippen molar-refractivity contribution < 1.29 is 13.6 Å². The largest absolute Gasteiger partial charge is 0.383 e. The summed E-state index contributed by atoms with van der Waals surface area (Å²) in [4.78, 5) is 31.1. The molecule has 3 heterocycles. The Labute approximate surface area is 238 Å². The van der Waals surface area contributed by atoms with Gasteiger partial charge in [-0.25, -0.2) is 13.8 Å². The number of halogens is 2. The topological polar surface area (TPSA) is 132 Å². The first kappa shape index (κ1) is 26.6. The smallest absolute Gasteiger partial charge is 0.269 e. The van der Waals surface area contributed by atoms with Crippen LogP contribution in [0, 0.1) is 23.0 Å². The van der Waals surface area contributed by atoms with Crippen molar-refractivity contribution in [1.29, 1.82) is 5.26 Å². The number of nitrogens with one attached hydrogen (secondary N) is 1. The summed E-state index contributed by atoms with van der Waals surface area (Å²) < 4.78 is 31.7. The number of nitrogen functional groups attached to an aromatic ring is 1. The number of nitriles is 1. The van der Waals surface area contributed by atoms with Crippen molar-refractivity contribution in [2.24, 2.45) is 7.05 Å². The molecule has 1 amide bonds. The summed E-state index contributed by atoms with van der Waals surface area (Å²) in [5, 5.41) is 16.6. The highest BCUT2D eigenvalue weighted by Crippen LogP contribution is 2.42. The van der Waals surface area contributed by atoms with Crippen molar-refractivity contribution in [2.75, 3.05) is 11.1 Å². The third-order valence-electron chi connectivity index (χ3n) is 7.16. The summed E-state index contributed by atoms with van der Waals surface area (Å²) in [6, 6.07) is 14.4. The Morgan fingerprint density at radius 3 is 2.45 bits per heavy atom. The summed E-state index contributed by atoms with van der Waals surface area (Å²) in [5.41, 5.74) is 8.17. The molecule has 9 nitrogen and oxygen atoms in total. The molecule has 1 saturated carbocycles. The number of hydrogen-bond acceptors (Lipinski definition) is 6. The molecule has 208 valence electrons. The van der Waals surface area contributed by atoms with Crippen molar-refractivity contribution in [3.05, 3.63) is 112 Å². The fourth-order valence-electron chi connectivity index (χ4n) is 4.88. The quantitative estimate of drug-likeness (QED) is 0.293. The van der Waals surface area contributed by atoms with E-state index in [1.807, 2.05) is 0 Å². The lowest BCUT2D eigenvalue weighted by atomic mass is 10.0. The maximum absolute atomic E-state index is 15.4. The molecule has 0 radical (unpaired) electrons. The number of aryl methyl sites for hydroxylation is 1. The Morgan fingerprint density at radius 1 is 1.05 bits per heavy atom. The van der Waals surface area contributed by atoms with Crippen LogP contribution in [0.5, 0.6) is 0 Å². The van der Waals surface area contributed by atoms with E-state index in [1.54, 1.807) is 36.4 Å². The van der Waals surface area contributed by atoms with E-state index < -0.39 is 23.1 Å². The minimum absolute atomic E-state index is 0.0247. The Hall–Kier alpha value is -5.63. The predicted octanol–water partition coefficient (Wildman–Crippen LogP) is 5.16. The van der Waals surface area contributed by atoms with Crippen molar-refractivity contribution in [3.8, 4) is 34.0 Å². The maximum Gasteiger partial charge on any atom is 0.269 e. The van der Waals surface area contributed by atoms with Gasteiger partial charge in [0.25, 0.3) is 11.5 Å². The molecule has 1 aliphatic rings. The molecule has 6 rings (SSSR count). The van der Waals surface area contributed by atoms with Crippen LogP contribution in [0.2, 0.25) is 0 Å². The summed E-state index contributed by atoms with van der Waals surface area (Å²) in [6.45, 7) is 0. The Bertz CT molecular complexity index is 1970. The van der Waals surface area contributed by atoms with Gasteiger partial charge in [-0.2, -0.15) is 10.4 Å². The van der Waals surface area contributed by atoms with Gasteiger partial charge in [0, 0.05) is 47.4 Å². The molecular weight excluding hydrogens is 540 g/mol. The number of rotatable bonds is 6. The van der Waals surface area contributed by atoms with Gasteiger partial charge in [0.15, 0.2) is 0 Å². The van der Waals surface area contributed by atoms with E-state index in [1.165, 1.54) is 42.5 Å². The third-order valence-corrected chi connectivity index (χ3v) is 7.16. The van der Waals surface area contributed by atoms with Crippen LogP contribution >= 0.6 is 0 Å². The van der Waals surface area contributed by atoms with Gasteiger partial charge in [-0.3, -0.25) is 18.8 Å². The van der Waals surface area contributed by atoms with E-state index in [9.17, 15) is 19.2 Å². The fraction of sp³-hybridized carbons (Fsp3) is 0.129. The second kappa shape index (κ2) is 10.4. The number of anilines is 2. The standard InChI is InChI=1S/C31H23F2N7O2/c1-39-16-19(15-37-39)18-10-25(29(35)36-14-18)23-9-6-21(11-27(23)33)38-30(41)26-12-24(17-2-3-17)28(13-34)40(31(26)42)22-7-4-20(32)5-8-22/h4-12,14-17H,2-3H2,1H3,(H2,35,36)(H,38,41). The van der Waals surface area contributed by atoms with E-state index in [0.29, 0.717) is 16.7 Å². The molecule has 1 fully saturated rings. The molecular formula is C31H23F2N7O2. The van der Waals surface area contributed by atoms with Crippen molar-refractivity contribution in [1.82, 2.24) is 19.3 Å². The molecule has 0 atom stereocenters. The van der Waals surface area contributed by atoms with Gasteiger partial charge in [0.05, 0.1) is 11.9 Å². The summed E-state index contributed by atoms with van der Waals surface area (Å²) >= 11 is 0. The molecule has 2 aromatic carbocycles. The lowest BCUT2D eigenvalue weighted by Crippen LogP contribution is -2.31. The van der Waals surface area contributed by atoms with Gasteiger partial charge in [-0.05, 0) is 78.9 Å². The molecule has 0 unspecified atom stereocenters. The Kier molecular flexibility index (Phi) is 6.59. The first-order valence-electron chi connectivity index (χ1n) is 13.1. The second-order valence-corrected chi connectivity index (χ2v) is 10.1. The third kappa shape index (κ3) is 4.90. The summed E-state index contributed by atoms with van der Waals surface area (Å²) in [5.74, 6) is -1.78. The molecule has 42 heavy (non-hydrogen) atoms. The van der Waals surface area contributed by atoms with Crippen LogP contribution in [0.25, 0.3) is 27.9 Å². The van der Waals surface area contributed by atoms with Gasteiger partial charge in [-0.1, -0.05) is 0 Å². The van der Waals surface area contributed by atoms with Crippen LogP contribution in [-0.4, -0.2) is 25.2 Å². The van der Waals surface area contributed by atoms with E-state index in [0.717, 1.165) is 29.0 Å². The highest BCUT2D eigenvalue weighted by atomic mass is 19.1.